The van der Waals surface area contributed by atoms with Gasteiger partial charge in [-0.2, -0.15) is 0 Å². The summed E-state index contributed by atoms with van der Waals surface area (Å²) >= 11 is 0. The highest BCUT2D eigenvalue weighted by Gasteiger charge is 2.23. The highest BCUT2D eigenvalue weighted by Crippen LogP contribution is 2.27. The van der Waals surface area contributed by atoms with Gasteiger partial charge in [0.1, 0.15) is 5.75 Å². The fourth-order valence-electron chi connectivity index (χ4n) is 3.86. The molecule has 0 unspecified atom stereocenters. The minimum atomic E-state index is -0.693. The number of urea groups is 2. The lowest BCUT2D eigenvalue weighted by Crippen LogP contribution is -2.42. The SMILES string of the molecule is CN(C)CC1CCN(C(=O)Nc2cc(NC(=O)NC(=O)Cc3ccccc3)ccc2O)CC1. The molecule has 1 aliphatic heterocycles. The maximum atomic E-state index is 12.7. The molecule has 2 aromatic carbocycles. The minimum Gasteiger partial charge on any atom is -0.506 e. The van der Waals surface area contributed by atoms with Gasteiger partial charge < -0.3 is 25.5 Å². The van der Waals surface area contributed by atoms with E-state index in [-0.39, 0.29) is 23.9 Å². The molecule has 0 radical (unpaired) electrons. The third-order valence-electron chi connectivity index (χ3n) is 5.48. The fourth-order valence-corrected chi connectivity index (χ4v) is 3.86. The molecular formula is C24H31N5O4. The lowest BCUT2D eigenvalue weighted by molar-refractivity contribution is -0.119. The van der Waals surface area contributed by atoms with E-state index in [4.69, 9.17) is 0 Å². The lowest BCUT2D eigenvalue weighted by Gasteiger charge is -2.33. The number of piperidine rings is 1. The quantitative estimate of drug-likeness (QED) is 0.396. The van der Waals surface area contributed by atoms with Gasteiger partial charge in [-0.15, -0.1) is 0 Å². The molecule has 0 aromatic heterocycles. The molecule has 1 fully saturated rings. The molecule has 2 aromatic rings. The van der Waals surface area contributed by atoms with Crippen molar-refractivity contribution in [2.45, 2.75) is 19.3 Å². The van der Waals surface area contributed by atoms with E-state index in [2.05, 4.69) is 20.9 Å². The Morgan fingerprint density at radius 2 is 1.73 bits per heavy atom. The Morgan fingerprint density at radius 1 is 1.03 bits per heavy atom. The smallest absolute Gasteiger partial charge is 0.325 e. The van der Waals surface area contributed by atoms with Crippen molar-refractivity contribution in [2.75, 3.05) is 44.4 Å². The van der Waals surface area contributed by atoms with Gasteiger partial charge >= 0.3 is 12.1 Å². The highest BCUT2D eigenvalue weighted by molar-refractivity contribution is 6.02. The van der Waals surface area contributed by atoms with Crippen LogP contribution in [0.5, 0.6) is 5.75 Å². The molecule has 1 heterocycles. The van der Waals surface area contributed by atoms with E-state index in [1.54, 1.807) is 17.0 Å². The largest absolute Gasteiger partial charge is 0.506 e. The number of nitrogens with zero attached hydrogens (tertiary/aromatic N) is 2. The van der Waals surface area contributed by atoms with Gasteiger partial charge in [0.05, 0.1) is 12.1 Å². The molecule has 0 atom stereocenters. The normalized spacial score (nSPS) is 14.1. The number of hydrogen-bond acceptors (Lipinski definition) is 5. The molecule has 9 nitrogen and oxygen atoms in total. The molecule has 4 N–H and O–H groups in total. The van der Waals surface area contributed by atoms with Gasteiger partial charge in [0.25, 0.3) is 0 Å². The zero-order valence-electron chi connectivity index (χ0n) is 19.0. The van der Waals surface area contributed by atoms with Crippen LogP contribution in [0.25, 0.3) is 0 Å². The number of phenols is 1. The Hall–Kier alpha value is -3.59. The van der Waals surface area contributed by atoms with Crippen molar-refractivity contribution in [3.63, 3.8) is 0 Å². The Balaban J connectivity index is 1.52. The lowest BCUT2D eigenvalue weighted by atomic mass is 9.97. The summed E-state index contributed by atoms with van der Waals surface area (Å²) in [5.41, 5.74) is 1.31. The number of likely N-dealkylation sites (tertiary alicyclic amines) is 1. The van der Waals surface area contributed by atoms with E-state index < -0.39 is 11.9 Å². The second-order valence-electron chi connectivity index (χ2n) is 8.52. The molecule has 0 spiro atoms. The number of phenolic OH excluding ortho intramolecular Hbond substituents is 1. The van der Waals surface area contributed by atoms with Crippen LogP contribution in [-0.2, 0) is 11.2 Å². The number of aromatic hydroxyl groups is 1. The summed E-state index contributed by atoms with van der Waals surface area (Å²) in [6.07, 6.45) is 1.93. The molecule has 0 saturated carbocycles. The van der Waals surface area contributed by atoms with Crippen LogP contribution in [-0.4, -0.2) is 66.6 Å². The van der Waals surface area contributed by atoms with E-state index in [9.17, 15) is 19.5 Å². The predicted molar refractivity (Wildman–Crippen MR) is 127 cm³/mol. The van der Waals surface area contributed by atoms with Gasteiger partial charge in [-0.3, -0.25) is 10.1 Å². The topological polar surface area (TPSA) is 114 Å². The van der Waals surface area contributed by atoms with Gasteiger partial charge in [-0.1, -0.05) is 30.3 Å². The summed E-state index contributed by atoms with van der Waals surface area (Å²) in [5, 5.41) is 17.7. The highest BCUT2D eigenvalue weighted by atomic mass is 16.3. The van der Waals surface area contributed by atoms with Crippen LogP contribution in [0, 0.1) is 5.92 Å². The Kier molecular flexibility index (Phi) is 8.26. The van der Waals surface area contributed by atoms with E-state index >= 15 is 0 Å². The number of amides is 5. The summed E-state index contributed by atoms with van der Waals surface area (Å²) in [4.78, 5) is 40.8. The van der Waals surface area contributed by atoms with Crippen molar-refractivity contribution in [3.05, 3.63) is 54.1 Å². The van der Waals surface area contributed by atoms with Crippen molar-refractivity contribution >= 4 is 29.3 Å². The summed E-state index contributed by atoms with van der Waals surface area (Å²) in [5.74, 6) is 0.00808. The molecule has 0 aliphatic carbocycles. The number of imide groups is 1. The number of anilines is 2. The zero-order chi connectivity index (χ0) is 23.8. The Morgan fingerprint density at radius 3 is 2.39 bits per heavy atom. The first-order valence-corrected chi connectivity index (χ1v) is 11.0. The van der Waals surface area contributed by atoms with Crippen LogP contribution in [0.2, 0.25) is 0 Å². The van der Waals surface area contributed by atoms with Gasteiger partial charge in [0.2, 0.25) is 5.91 Å². The molecule has 1 saturated heterocycles. The molecule has 1 aliphatic rings. The predicted octanol–water partition coefficient (Wildman–Crippen LogP) is 3.09. The third kappa shape index (κ3) is 7.50. The van der Waals surface area contributed by atoms with Crippen LogP contribution in [0.3, 0.4) is 0 Å². The first kappa shape index (κ1) is 24.1. The van der Waals surface area contributed by atoms with Gasteiger partial charge in [0, 0.05) is 25.3 Å². The molecule has 176 valence electrons. The first-order valence-electron chi connectivity index (χ1n) is 11.0. The number of benzene rings is 2. The van der Waals surface area contributed by atoms with Crippen LogP contribution >= 0.6 is 0 Å². The monoisotopic (exact) mass is 453 g/mol. The van der Waals surface area contributed by atoms with E-state index in [1.807, 2.05) is 32.3 Å². The Bertz CT molecular complexity index is 972. The van der Waals surface area contributed by atoms with Crippen molar-refractivity contribution in [1.29, 1.82) is 0 Å². The van der Waals surface area contributed by atoms with Crippen molar-refractivity contribution in [1.82, 2.24) is 15.1 Å². The number of carbonyl (C=O) groups is 3. The van der Waals surface area contributed by atoms with Gasteiger partial charge in [-0.25, -0.2) is 9.59 Å². The van der Waals surface area contributed by atoms with Crippen molar-refractivity contribution in [2.24, 2.45) is 5.92 Å². The maximum Gasteiger partial charge on any atom is 0.325 e. The van der Waals surface area contributed by atoms with Gasteiger partial charge in [0.15, 0.2) is 0 Å². The average Bonchev–Trinajstić information content (AvgIpc) is 2.76. The molecule has 5 amide bonds. The van der Waals surface area contributed by atoms with Crippen LogP contribution in [0.1, 0.15) is 18.4 Å². The van der Waals surface area contributed by atoms with E-state index in [0.29, 0.717) is 24.7 Å². The number of hydrogen-bond donors (Lipinski definition) is 4. The first-order chi connectivity index (χ1) is 15.8. The summed E-state index contributed by atoms with van der Waals surface area (Å²) in [6.45, 7) is 2.30. The fraction of sp³-hybridized carbons (Fsp3) is 0.375. The second kappa shape index (κ2) is 11.3. The van der Waals surface area contributed by atoms with Crippen molar-refractivity contribution in [3.8, 4) is 5.75 Å². The summed E-state index contributed by atoms with van der Waals surface area (Å²) in [7, 11) is 4.09. The number of nitrogens with one attached hydrogen (secondary N) is 3. The second-order valence-corrected chi connectivity index (χ2v) is 8.52. The van der Waals surface area contributed by atoms with E-state index in [0.717, 1.165) is 24.9 Å². The molecule has 33 heavy (non-hydrogen) atoms. The van der Waals surface area contributed by atoms with Crippen LogP contribution in [0.15, 0.2) is 48.5 Å². The van der Waals surface area contributed by atoms with Crippen LogP contribution in [0.4, 0.5) is 21.0 Å². The van der Waals surface area contributed by atoms with Crippen molar-refractivity contribution < 1.29 is 19.5 Å². The standard InChI is InChI=1S/C24H31N5O4/c1-28(2)16-18-10-12-29(13-11-18)24(33)26-20-15-19(8-9-21(20)30)25-23(32)27-22(31)14-17-6-4-3-5-7-17/h3-9,15,18,30H,10-14,16H2,1-2H3,(H,26,33)(H2,25,27,31,32). The van der Waals surface area contributed by atoms with E-state index in [1.165, 1.54) is 18.2 Å². The van der Waals surface area contributed by atoms with Crippen LogP contribution < -0.4 is 16.0 Å². The zero-order valence-corrected chi connectivity index (χ0v) is 19.0. The average molecular weight is 454 g/mol. The number of carbonyl (C=O) groups excluding carboxylic acids is 3. The minimum absolute atomic E-state index is 0.0797. The maximum absolute atomic E-state index is 12.7. The van der Waals surface area contributed by atoms with Gasteiger partial charge in [-0.05, 0) is 56.6 Å². The summed E-state index contributed by atoms with van der Waals surface area (Å²) < 4.78 is 0. The molecular weight excluding hydrogens is 422 g/mol. The molecule has 9 heteroatoms. The third-order valence-corrected chi connectivity index (χ3v) is 5.48. The number of rotatable bonds is 6. The molecule has 3 rings (SSSR count). The summed E-state index contributed by atoms with van der Waals surface area (Å²) in [6, 6.07) is 12.4. The molecule has 0 bridgehead atoms. The Labute approximate surface area is 193 Å².